The number of rotatable bonds is 13. The van der Waals surface area contributed by atoms with Gasteiger partial charge in [0.2, 0.25) is 11.0 Å². The highest BCUT2D eigenvalue weighted by atomic mass is 32.2. The Hall–Kier alpha value is -2.46. The molecule has 1 amide bonds. The van der Waals surface area contributed by atoms with Crippen LogP contribution in [-0.2, 0) is 11.3 Å². The molecule has 0 saturated heterocycles. The molecule has 34 heavy (non-hydrogen) atoms. The van der Waals surface area contributed by atoms with E-state index < -0.39 is 0 Å². The van der Waals surface area contributed by atoms with Gasteiger partial charge in [-0.3, -0.25) is 10.1 Å². The lowest BCUT2D eigenvalue weighted by molar-refractivity contribution is -0.113. The van der Waals surface area contributed by atoms with Gasteiger partial charge in [0, 0.05) is 18.0 Å². The number of ether oxygens (including phenoxy) is 1. The maximum atomic E-state index is 12.6. The summed E-state index contributed by atoms with van der Waals surface area (Å²) in [6, 6.07) is 7.77. The van der Waals surface area contributed by atoms with Crippen molar-refractivity contribution < 1.29 is 9.53 Å². The van der Waals surface area contributed by atoms with Crippen LogP contribution in [0.4, 0.5) is 5.13 Å². The van der Waals surface area contributed by atoms with Crippen molar-refractivity contribution in [3.05, 3.63) is 30.1 Å². The number of nitrogens with zero attached hydrogens (tertiary/aromatic N) is 5. The standard InChI is InChI=1S/C24H34N6O2S2/c1-6-14-30-21(17(8-3)9-4)26-29-24(30)33-15-20(31)25-23-28-27-22(34-23)18-10-12-19(13-11-18)32-16(5)7-2/h10-13,16-17H,6-9,14-15H2,1-5H3,(H,25,28,31). The van der Waals surface area contributed by atoms with Gasteiger partial charge in [0.1, 0.15) is 16.6 Å². The molecule has 3 aromatic rings. The van der Waals surface area contributed by atoms with Crippen LogP contribution < -0.4 is 10.1 Å². The van der Waals surface area contributed by atoms with Gasteiger partial charge in [0.25, 0.3) is 0 Å². The van der Waals surface area contributed by atoms with Gasteiger partial charge < -0.3 is 9.30 Å². The molecule has 0 fully saturated rings. The maximum Gasteiger partial charge on any atom is 0.236 e. The topological polar surface area (TPSA) is 94.8 Å². The third kappa shape index (κ3) is 6.79. The van der Waals surface area contributed by atoms with Crippen LogP contribution in [0.5, 0.6) is 5.75 Å². The van der Waals surface area contributed by atoms with E-state index in [2.05, 4.69) is 58.0 Å². The number of hydrogen-bond donors (Lipinski definition) is 1. The van der Waals surface area contributed by atoms with Gasteiger partial charge in [0.05, 0.1) is 11.9 Å². The molecule has 1 unspecified atom stereocenters. The molecule has 1 atom stereocenters. The summed E-state index contributed by atoms with van der Waals surface area (Å²) in [6.45, 7) is 11.5. The summed E-state index contributed by atoms with van der Waals surface area (Å²) in [5, 5.41) is 22.0. The second-order valence-corrected chi connectivity index (χ2v) is 10.0. The summed E-state index contributed by atoms with van der Waals surface area (Å²) in [7, 11) is 0. The number of aromatic nitrogens is 5. The first-order valence-electron chi connectivity index (χ1n) is 11.9. The fourth-order valence-corrected chi connectivity index (χ4v) is 5.00. The van der Waals surface area contributed by atoms with Gasteiger partial charge in [-0.2, -0.15) is 0 Å². The minimum absolute atomic E-state index is 0.139. The molecular weight excluding hydrogens is 468 g/mol. The fourth-order valence-electron chi connectivity index (χ4n) is 3.46. The molecule has 0 bridgehead atoms. The second kappa shape index (κ2) is 12.9. The van der Waals surface area contributed by atoms with E-state index in [9.17, 15) is 4.79 Å². The van der Waals surface area contributed by atoms with E-state index >= 15 is 0 Å². The number of anilines is 1. The molecule has 8 nitrogen and oxygen atoms in total. The first-order chi connectivity index (χ1) is 16.5. The zero-order chi connectivity index (χ0) is 24.5. The molecule has 2 heterocycles. The molecule has 0 aliphatic heterocycles. The molecule has 0 radical (unpaired) electrons. The SMILES string of the molecule is CCCn1c(SCC(=O)Nc2nnc(-c3ccc(OC(C)CC)cc3)s2)nnc1C(CC)CC. The Morgan fingerprint density at radius 1 is 1.06 bits per heavy atom. The average Bonchev–Trinajstić information content (AvgIpc) is 3.47. The third-order valence-corrected chi connectivity index (χ3v) is 7.42. The summed E-state index contributed by atoms with van der Waals surface area (Å²) in [4.78, 5) is 12.6. The number of thioether (sulfide) groups is 1. The van der Waals surface area contributed by atoms with Crippen LogP contribution in [0.3, 0.4) is 0 Å². The van der Waals surface area contributed by atoms with E-state index in [1.807, 2.05) is 31.2 Å². The van der Waals surface area contributed by atoms with Crippen LogP contribution in [0.2, 0.25) is 0 Å². The molecular formula is C24H34N6O2S2. The lowest BCUT2D eigenvalue weighted by atomic mass is 10.0. The Morgan fingerprint density at radius 3 is 2.44 bits per heavy atom. The Kier molecular flexibility index (Phi) is 9.88. The second-order valence-electron chi connectivity index (χ2n) is 8.12. The quantitative estimate of drug-likeness (QED) is 0.286. The van der Waals surface area contributed by atoms with Crippen molar-refractivity contribution in [3.63, 3.8) is 0 Å². The van der Waals surface area contributed by atoms with Gasteiger partial charge >= 0.3 is 0 Å². The van der Waals surface area contributed by atoms with Crippen molar-refractivity contribution in [1.29, 1.82) is 0 Å². The molecule has 0 aliphatic rings. The van der Waals surface area contributed by atoms with Crippen molar-refractivity contribution in [1.82, 2.24) is 25.0 Å². The van der Waals surface area contributed by atoms with Crippen LogP contribution in [0.15, 0.2) is 29.4 Å². The van der Waals surface area contributed by atoms with Crippen LogP contribution in [0, 0.1) is 0 Å². The average molecular weight is 503 g/mol. The Morgan fingerprint density at radius 2 is 1.79 bits per heavy atom. The van der Waals surface area contributed by atoms with E-state index in [0.29, 0.717) is 11.0 Å². The Balaban J connectivity index is 1.58. The highest BCUT2D eigenvalue weighted by Gasteiger charge is 2.19. The molecule has 184 valence electrons. The lowest BCUT2D eigenvalue weighted by Crippen LogP contribution is -2.15. The van der Waals surface area contributed by atoms with Crippen LogP contribution in [-0.4, -0.2) is 42.7 Å². The predicted molar refractivity (Wildman–Crippen MR) is 139 cm³/mol. The molecule has 3 rings (SSSR count). The van der Waals surface area contributed by atoms with Crippen LogP contribution in [0.25, 0.3) is 10.6 Å². The first kappa shape index (κ1) is 26.2. The first-order valence-corrected chi connectivity index (χ1v) is 13.7. The molecule has 1 aromatic carbocycles. The normalized spacial score (nSPS) is 12.2. The van der Waals surface area contributed by atoms with Crippen molar-refractivity contribution in [2.24, 2.45) is 0 Å². The smallest absolute Gasteiger partial charge is 0.236 e. The molecule has 1 N–H and O–H groups in total. The van der Waals surface area contributed by atoms with Crippen molar-refractivity contribution in [2.75, 3.05) is 11.1 Å². The van der Waals surface area contributed by atoms with Crippen molar-refractivity contribution in [3.8, 4) is 16.3 Å². The van der Waals surface area contributed by atoms with Gasteiger partial charge in [-0.05, 0) is 56.9 Å². The van der Waals surface area contributed by atoms with Gasteiger partial charge in [-0.15, -0.1) is 20.4 Å². The molecule has 10 heteroatoms. The molecule has 0 aliphatic carbocycles. The van der Waals surface area contributed by atoms with Gasteiger partial charge in [-0.1, -0.05) is 50.8 Å². The fraction of sp³-hybridized carbons (Fsp3) is 0.542. The van der Waals surface area contributed by atoms with E-state index in [1.54, 1.807) is 0 Å². The summed E-state index contributed by atoms with van der Waals surface area (Å²) in [5.74, 6) is 2.33. The van der Waals surface area contributed by atoms with Crippen molar-refractivity contribution >= 4 is 34.1 Å². The monoisotopic (exact) mass is 502 g/mol. The molecule has 0 spiro atoms. The predicted octanol–water partition coefficient (Wildman–Crippen LogP) is 6.02. The van der Waals surface area contributed by atoms with Gasteiger partial charge in [-0.25, -0.2) is 0 Å². The van der Waals surface area contributed by atoms with E-state index in [-0.39, 0.29) is 17.8 Å². The lowest BCUT2D eigenvalue weighted by Gasteiger charge is -2.14. The van der Waals surface area contributed by atoms with Crippen molar-refractivity contribution in [2.45, 2.75) is 84.0 Å². The highest BCUT2D eigenvalue weighted by molar-refractivity contribution is 7.99. The number of nitrogens with one attached hydrogen (secondary N) is 1. The zero-order valence-corrected chi connectivity index (χ0v) is 22.2. The molecule has 0 saturated carbocycles. The number of hydrogen-bond acceptors (Lipinski definition) is 8. The third-order valence-electron chi connectivity index (χ3n) is 5.56. The van der Waals surface area contributed by atoms with E-state index in [4.69, 9.17) is 4.74 Å². The van der Waals surface area contributed by atoms with Crippen LogP contribution in [0.1, 0.15) is 72.0 Å². The van der Waals surface area contributed by atoms with E-state index in [1.165, 1.54) is 23.1 Å². The Bertz CT molecular complexity index is 1050. The zero-order valence-electron chi connectivity index (χ0n) is 20.6. The number of carbonyl (C=O) groups excluding carboxylic acids is 1. The summed E-state index contributed by atoms with van der Waals surface area (Å²) in [6.07, 6.45) is 4.17. The number of amides is 1. The summed E-state index contributed by atoms with van der Waals surface area (Å²) < 4.78 is 7.98. The maximum absolute atomic E-state index is 12.6. The summed E-state index contributed by atoms with van der Waals surface area (Å²) >= 11 is 2.75. The molecule has 2 aromatic heterocycles. The highest BCUT2D eigenvalue weighted by Crippen LogP contribution is 2.29. The van der Waals surface area contributed by atoms with Crippen LogP contribution >= 0.6 is 23.1 Å². The summed E-state index contributed by atoms with van der Waals surface area (Å²) in [5.41, 5.74) is 0.936. The minimum atomic E-state index is -0.139. The Labute approximate surface area is 209 Å². The minimum Gasteiger partial charge on any atom is -0.491 e. The largest absolute Gasteiger partial charge is 0.491 e. The van der Waals surface area contributed by atoms with E-state index in [0.717, 1.165) is 59.5 Å². The number of benzene rings is 1. The number of carbonyl (C=O) groups is 1. The van der Waals surface area contributed by atoms with Gasteiger partial charge in [0.15, 0.2) is 5.16 Å².